The van der Waals surface area contributed by atoms with Crippen molar-refractivity contribution in [1.82, 2.24) is 0 Å². The zero-order valence-electron chi connectivity index (χ0n) is 14.4. The van der Waals surface area contributed by atoms with Crippen molar-refractivity contribution < 1.29 is 0 Å². The van der Waals surface area contributed by atoms with Crippen LogP contribution in [0.4, 0.5) is 0 Å². The molecule has 4 atom stereocenters. The predicted octanol–water partition coefficient (Wildman–Crippen LogP) is 5.79. The Morgan fingerprint density at radius 3 is 2.72 bits per heavy atom. The molecular formula is C23H22N2. The Balaban J connectivity index is 1.93. The van der Waals surface area contributed by atoms with Gasteiger partial charge in [0, 0.05) is 5.92 Å². The highest BCUT2D eigenvalue weighted by atomic mass is 14.7. The van der Waals surface area contributed by atoms with Crippen molar-refractivity contribution in [2.45, 2.75) is 25.7 Å². The third-order valence-electron chi connectivity index (χ3n) is 5.64. The van der Waals surface area contributed by atoms with E-state index in [4.69, 9.17) is 6.57 Å². The second kappa shape index (κ2) is 7.85. The number of allylic oxidation sites excluding steroid dienone is 4. The highest BCUT2D eigenvalue weighted by Crippen LogP contribution is 2.53. The van der Waals surface area contributed by atoms with Gasteiger partial charge >= 0.3 is 0 Å². The summed E-state index contributed by atoms with van der Waals surface area (Å²) in [6, 6.07) is 12.4. The molecule has 2 aliphatic rings. The summed E-state index contributed by atoms with van der Waals surface area (Å²) in [5, 5.41) is 9.49. The van der Waals surface area contributed by atoms with Crippen LogP contribution in [-0.4, -0.2) is 0 Å². The molecule has 1 aromatic rings. The summed E-state index contributed by atoms with van der Waals surface area (Å²) in [5.74, 6) is 1.54. The van der Waals surface area contributed by atoms with Crippen molar-refractivity contribution >= 4 is 6.08 Å². The first-order valence-corrected chi connectivity index (χ1v) is 8.87. The molecule has 0 N–H and O–H groups in total. The largest absolute Gasteiger partial charge is 0.262 e. The van der Waals surface area contributed by atoms with E-state index in [2.05, 4.69) is 47.5 Å². The van der Waals surface area contributed by atoms with E-state index >= 15 is 0 Å². The summed E-state index contributed by atoms with van der Waals surface area (Å²) in [5.41, 5.74) is 5.41. The Morgan fingerprint density at radius 1 is 1.28 bits per heavy atom. The van der Waals surface area contributed by atoms with E-state index in [0.717, 1.165) is 12.0 Å². The first kappa shape index (κ1) is 17.0. The molecule has 0 saturated heterocycles. The highest BCUT2D eigenvalue weighted by molar-refractivity contribution is 5.49. The van der Waals surface area contributed by atoms with Crippen LogP contribution in [0.25, 0.3) is 10.9 Å². The van der Waals surface area contributed by atoms with Crippen LogP contribution in [-0.2, 0) is 0 Å². The predicted molar refractivity (Wildman–Crippen MR) is 101 cm³/mol. The van der Waals surface area contributed by atoms with Gasteiger partial charge in [0.2, 0.25) is 0 Å². The standard InChI is InChI=1S/C23H22N2/c1-3-8-20-18-13-14-19(15-18)21(23(20)22(16-24)25-2)12-7-11-17-9-5-4-6-10-17/h4-11,18-21H,1,12-15H2/b11-7+,23-22-/t18-,19+,20+,21-/m1/s1. The highest BCUT2D eigenvalue weighted by Gasteiger charge is 2.44. The molecule has 2 nitrogen and oxygen atoms in total. The van der Waals surface area contributed by atoms with E-state index in [-0.39, 0.29) is 17.5 Å². The van der Waals surface area contributed by atoms with Gasteiger partial charge in [0.15, 0.2) is 0 Å². The molecule has 0 spiro atoms. The quantitative estimate of drug-likeness (QED) is 0.391. The van der Waals surface area contributed by atoms with Crippen LogP contribution in [0.15, 0.2) is 66.1 Å². The van der Waals surface area contributed by atoms with Gasteiger partial charge in [0.25, 0.3) is 5.70 Å². The third-order valence-corrected chi connectivity index (χ3v) is 5.64. The van der Waals surface area contributed by atoms with Crippen LogP contribution >= 0.6 is 0 Å². The number of benzene rings is 1. The molecule has 3 rings (SSSR count). The fourth-order valence-electron chi connectivity index (χ4n) is 4.57. The van der Waals surface area contributed by atoms with Gasteiger partial charge in [0.1, 0.15) is 0 Å². The molecule has 0 aliphatic heterocycles. The Hall–Kier alpha value is -2.80. The Bertz CT molecular complexity index is 794. The topological polar surface area (TPSA) is 28.1 Å². The minimum atomic E-state index is 0.148. The van der Waals surface area contributed by atoms with E-state index < -0.39 is 0 Å². The lowest BCUT2D eigenvalue weighted by atomic mass is 9.67. The maximum atomic E-state index is 9.49. The summed E-state index contributed by atoms with van der Waals surface area (Å²) < 4.78 is 0. The molecule has 2 heteroatoms. The average Bonchev–Trinajstić information content (AvgIpc) is 3.08. The molecule has 2 saturated carbocycles. The monoisotopic (exact) mass is 326 g/mol. The molecular weight excluding hydrogens is 304 g/mol. The van der Waals surface area contributed by atoms with Gasteiger partial charge in [-0.05, 0) is 60.6 Å². The number of hydrogen-bond donors (Lipinski definition) is 0. The van der Waals surface area contributed by atoms with E-state index in [9.17, 15) is 5.26 Å². The third kappa shape index (κ3) is 3.51. The lowest BCUT2D eigenvalue weighted by molar-refractivity contribution is 0.281. The van der Waals surface area contributed by atoms with Crippen LogP contribution in [0.3, 0.4) is 0 Å². The van der Waals surface area contributed by atoms with Crippen LogP contribution in [0.5, 0.6) is 0 Å². The van der Waals surface area contributed by atoms with Crippen molar-refractivity contribution in [3.05, 3.63) is 83.0 Å². The molecule has 1 aromatic carbocycles. The van der Waals surface area contributed by atoms with Gasteiger partial charge in [-0.1, -0.05) is 49.1 Å². The summed E-state index contributed by atoms with van der Waals surface area (Å²) >= 11 is 0. The van der Waals surface area contributed by atoms with Crippen molar-refractivity contribution in [3.8, 4) is 6.07 Å². The fourth-order valence-corrected chi connectivity index (χ4v) is 4.57. The van der Waals surface area contributed by atoms with Gasteiger partial charge in [-0.3, -0.25) is 0 Å². The fraction of sp³-hybridized carbons (Fsp3) is 0.348. The van der Waals surface area contributed by atoms with E-state index in [0.29, 0.717) is 11.8 Å². The Kier molecular flexibility index (Phi) is 5.35. The van der Waals surface area contributed by atoms with Crippen molar-refractivity contribution in [2.75, 3.05) is 0 Å². The molecule has 0 heterocycles. The van der Waals surface area contributed by atoms with Gasteiger partial charge in [-0.25, -0.2) is 10.1 Å². The maximum Gasteiger partial charge on any atom is 0.262 e. The zero-order valence-corrected chi connectivity index (χ0v) is 14.4. The molecule has 0 aromatic heterocycles. The summed E-state index contributed by atoms with van der Waals surface area (Å²) in [6.07, 6.45) is 10.8. The lowest BCUT2D eigenvalue weighted by Crippen LogP contribution is -2.28. The molecule has 2 bridgehead atoms. The summed E-state index contributed by atoms with van der Waals surface area (Å²) in [4.78, 5) is 3.55. The molecule has 25 heavy (non-hydrogen) atoms. The lowest BCUT2D eigenvalue weighted by Gasteiger charge is -2.36. The van der Waals surface area contributed by atoms with Crippen LogP contribution in [0.1, 0.15) is 31.2 Å². The number of hydrogen-bond acceptors (Lipinski definition) is 1. The Labute approximate surface area is 150 Å². The average molecular weight is 326 g/mol. The first-order valence-electron chi connectivity index (χ1n) is 8.87. The molecule has 2 aliphatic carbocycles. The van der Waals surface area contributed by atoms with Gasteiger partial charge in [0.05, 0.1) is 12.6 Å². The van der Waals surface area contributed by atoms with Crippen LogP contribution in [0, 0.1) is 41.6 Å². The second-order valence-corrected chi connectivity index (χ2v) is 6.91. The van der Waals surface area contributed by atoms with Crippen molar-refractivity contribution in [3.63, 3.8) is 0 Å². The normalized spacial score (nSPS) is 29.5. The van der Waals surface area contributed by atoms with E-state index in [1.165, 1.54) is 24.8 Å². The van der Waals surface area contributed by atoms with Gasteiger partial charge in [-0.2, -0.15) is 0 Å². The molecule has 124 valence electrons. The van der Waals surface area contributed by atoms with Crippen molar-refractivity contribution in [1.29, 1.82) is 5.26 Å². The van der Waals surface area contributed by atoms with Crippen LogP contribution in [0.2, 0.25) is 0 Å². The SMILES string of the molecule is [C-]#[N+]/C(C#N)=C1/[C@@H](C=C=C)[C@@H]2CC[C@@H](C2)[C@H]1C/C=C/c1ccccc1. The molecule has 0 amide bonds. The zero-order chi connectivity index (χ0) is 17.6. The smallest absolute Gasteiger partial charge is 0.227 e. The first-order chi connectivity index (χ1) is 12.3. The number of rotatable bonds is 4. The summed E-state index contributed by atoms with van der Waals surface area (Å²) in [7, 11) is 0. The van der Waals surface area contributed by atoms with Gasteiger partial charge < -0.3 is 0 Å². The molecule has 0 unspecified atom stereocenters. The Morgan fingerprint density at radius 2 is 2.04 bits per heavy atom. The summed E-state index contributed by atoms with van der Waals surface area (Å²) in [6.45, 7) is 11.2. The molecule has 2 fully saturated rings. The number of fused-ring (bicyclic) bond motifs is 2. The van der Waals surface area contributed by atoms with Crippen LogP contribution < -0.4 is 0 Å². The second-order valence-electron chi connectivity index (χ2n) is 6.91. The number of nitriles is 1. The van der Waals surface area contributed by atoms with E-state index in [1.54, 1.807) is 0 Å². The maximum absolute atomic E-state index is 9.49. The van der Waals surface area contributed by atoms with E-state index in [1.807, 2.05) is 24.3 Å². The number of nitrogens with zero attached hydrogens (tertiary/aromatic N) is 2. The van der Waals surface area contributed by atoms with Crippen molar-refractivity contribution in [2.24, 2.45) is 23.7 Å². The van der Waals surface area contributed by atoms with Gasteiger partial charge in [-0.15, -0.1) is 5.73 Å². The molecule has 0 radical (unpaired) electrons. The minimum Gasteiger partial charge on any atom is -0.227 e. The minimum absolute atomic E-state index is 0.148.